The number of hydrogen-bond acceptors (Lipinski definition) is 5. The molecule has 3 rings (SSSR count). The minimum atomic E-state index is 0.450. The lowest BCUT2D eigenvalue weighted by atomic mass is 10.2. The number of aromatic nitrogens is 1. The van der Waals surface area contributed by atoms with Crippen LogP contribution in [0.3, 0.4) is 0 Å². The first-order valence-corrected chi connectivity index (χ1v) is 9.33. The Kier molecular flexibility index (Phi) is 7.27. The third-order valence-electron chi connectivity index (χ3n) is 4.24. The molecule has 28 heavy (non-hydrogen) atoms. The van der Waals surface area contributed by atoms with Crippen molar-refractivity contribution in [3.8, 4) is 17.2 Å². The quantitative estimate of drug-likeness (QED) is 0.537. The Hall–Kier alpha value is -3.05. The van der Waals surface area contributed by atoms with Crippen molar-refractivity contribution in [3.05, 3.63) is 83.7 Å². The third-order valence-corrected chi connectivity index (χ3v) is 4.24. The van der Waals surface area contributed by atoms with Crippen LogP contribution in [0.15, 0.2) is 67.0 Å². The zero-order chi connectivity index (χ0) is 19.6. The molecule has 0 aliphatic heterocycles. The van der Waals surface area contributed by atoms with Crippen LogP contribution in [-0.4, -0.2) is 25.2 Å². The second-order valence-electron chi connectivity index (χ2n) is 6.47. The number of hydrogen-bond donors (Lipinski definition) is 1. The average Bonchev–Trinajstić information content (AvgIpc) is 2.74. The van der Waals surface area contributed by atoms with Gasteiger partial charge < -0.3 is 19.5 Å². The van der Waals surface area contributed by atoms with Crippen LogP contribution in [0.25, 0.3) is 0 Å². The van der Waals surface area contributed by atoms with E-state index in [2.05, 4.69) is 17.2 Å². The van der Waals surface area contributed by atoms with E-state index >= 15 is 0 Å². The monoisotopic (exact) mass is 378 g/mol. The topological polar surface area (TPSA) is 52.6 Å². The summed E-state index contributed by atoms with van der Waals surface area (Å²) in [5.41, 5.74) is 3.37. The molecule has 1 N–H and O–H groups in total. The summed E-state index contributed by atoms with van der Waals surface area (Å²) in [5, 5.41) is 3.39. The Morgan fingerprint density at radius 2 is 1.79 bits per heavy atom. The van der Waals surface area contributed by atoms with Crippen LogP contribution in [0.4, 0.5) is 0 Å². The van der Waals surface area contributed by atoms with E-state index in [0.717, 1.165) is 41.5 Å². The Balaban J connectivity index is 1.47. The SMILES string of the molecule is COc1ccc(CNCCOc2ccc(C)cc2)cc1OCc1cccnc1. The molecule has 0 aliphatic carbocycles. The molecule has 2 aromatic carbocycles. The molecule has 5 nitrogen and oxygen atoms in total. The highest BCUT2D eigenvalue weighted by Crippen LogP contribution is 2.28. The highest BCUT2D eigenvalue weighted by atomic mass is 16.5. The molecule has 0 atom stereocenters. The second kappa shape index (κ2) is 10.3. The van der Waals surface area contributed by atoms with Crippen molar-refractivity contribution in [1.82, 2.24) is 10.3 Å². The van der Waals surface area contributed by atoms with Gasteiger partial charge in [-0.25, -0.2) is 0 Å². The van der Waals surface area contributed by atoms with Crippen molar-refractivity contribution >= 4 is 0 Å². The van der Waals surface area contributed by atoms with Crippen molar-refractivity contribution in [3.63, 3.8) is 0 Å². The first-order valence-electron chi connectivity index (χ1n) is 9.33. The molecule has 0 aliphatic rings. The highest BCUT2D eigenvalue weighted by molar-refractivity contribution is 5.43. The summed E-state index contributed by atoms with van der Waals surface area (Å²) in [6.07, 6.45) is 3.55. The van der Waals surface area contributed by atoms with Crippen LogP contribution in [0, 0.1) is 6.92 Å². The van der Waals surface area contributed by atoms with Gasteiger partial charge in [0.15, 0.2) is 11.5 Å². The van der Waals surface area contributed by atoms with E-state index in [1.54, 1.807) is 19.5 Å². The number of methoxy groups -OCH3 is 1. The molecule has 0 bridgehead atoms. The largest absolute Gasteiger partial charge is 0.493 e. The van der Waals surface area contributed by atoms with E-state index in [1.807, 2.05) is 54.6 Å². The molecule has 0 amide bonds. The average molecular weight is 378 g/mol. The number of nitrogens with zero attached hydrogens (tertiary/aromatic N) is 1. The van der Waals surface area contributed by atoms with E-state index in [-0.39, 0.29) is 0 Å². The van der Waals surface area contributed by atoms with Crippen LogP contribution in [-0.2, 0) is 13.2 Å². The number of rotatable bonds is 10. The van der Waals surface area contributed by atoms with Crippen LogP contribution >= 0.6 is 0 Å². The summed E-state index contributed by atoms with van der Waals surface area (Å²) in [6, 6.07) is 17.9. The second-order valence-corrected chi connectivity index (χ2v) is 6.47. The fourth-order valence-electron chi connectivity index (χ4n) is 2.70. The molecule has 3 aromatic rings. The van der Waals surface area contributed by atoms with Gasteiger partial charge >= 0.3 is 0 Å². The summed E-state index contributed by atoms with van der Waals surface area (Å²) >= 11 is 0. The van der Waals surface area contributed by atoms with Gasteiger partial charge in [0, 0.05) is 31.0 Å². The number of nitrogens with one attached hydrogen (secondary N) is 1. The van der Waals surface area contributed by atoms with Crippen molar-refractivity contribution in [2.24, 2.45) is 0 Å². The van der Waals surface area contributed by atoms with Crippen LogP contribution in [0.2, 0.25) is 0 Å². The summed E-state index contributed by atoms with van der Waals surface area (Å²) < 4.78 is 17.1. The summed E-state index contributed by atoms with van der Waals surface area (Å²) in [4.78, 5) is 4.11. The molecule has 146 valence electrons. The van der Waals surface area contributed by atoms with E-state index in [1.165, 1.54) is 5.56 Å². The molecule has 0 fully saturated rings. The smallest absolute Gasteiger partial charge is 0.161 e. The maximum Gasteiger partial charge on any atom is 0.161 e. The van der Waals surface area contributed by atoms with Gasteiger partial charge in [0.1, 0.15) is 19.0 Å². The summed E-state index contributed by atoms with van der Waals surface area (Å²) in [7, 11) is 1.65. The van der Waals surface area contributed by atoms with Gasteiger partial charge in [-0.15, -0.1) is 0 Å². The molecule has 0 saturated heterocycles. The fraction of sp³-hybridized carbons (Fsp3) is 0.261. The molecule has 1 heterocycles. The van der Waals surface area contributed by atoms with Crippen LogP contribution in [0.1, 0.15) is 16.7 Å². The lowest BCUT2D eigenvalue weighted by Gasteiger charge is -2.13. The zero-order valence-electron chi connectivity index (χ0n) is 16.4. The van der Waals surface area contributed by atoms with E-state index < -0.39 is 0 Å². The Labute approximate surface area is 166 Å². The maximum absolute atomic E-state index is 5.93. The first-order chi connectivity index (χ1) is 13.7. The molecule has 0 unspecified atom stereocenters. The van der Waals surface area contributed by atoms with E-state index in [4.69, 9.17) is 14.2 Å². The van der Waals surface area contributed by atoms with Gasteiger partial charge in [-0.3, -0.25) is 4.98 Å². The standard InChI is InChI=1S/C23H26N2O3/c1-18-5-8-21(9-6-18)27-13-12-25-15-19-7-10-22(26-2)23(14-19)28-17-20-4-3-11-24-16-20/h3-11,14,16,25H,12-13,15,17H2,1-2H3. The molecule has 5 heteroatoms. The van der Waals surface area contributed by atoms with Crippen molar-refractivity contribution in [2.75, 3.05) is 20.3 Å². The normalized spacial score (nSPS) is 10.5. The van der Waals surface area contributed by atoms with E-state index in [9.17, 15) is 0 Å². The Morgan fingerprint density at radius 1 is 0.929 bits per heavy atom. The van der Waals surface area contributed by atoms with Crippen LogP contribution < -0.4 is 19.5 Å². The van der Waals surface area contributed by atoms with Crippen LogP contribution in [0.5, 0.6) is 17.2 Å². The van der Waals surface area contributed by atoms with Gasteiger partial charge in [-0.1, -0.05) is 29.8 Å². The molecule has 0 spiro atoms. The number of ether oxygens (including phenoxy) is 3. The van der Waals surface area contributed by atoms with Gasteiger partial charge in [-0.2, -0.15) is 0 Å². The maximum atomic E-state index is 5.93. The predicted octanol–water partition coefficient (Wildman–Crippen LogP) is 4.15. The molecule has 0 saturated carbocycles. The minimum Gasteiger partial charge on any atom is -0.493 e. The molecular formula is C23H26N2O3. The number of pyridine rings is 1. The summed E-state index contributed by atoms with van der Waals surface area (Å²) in [6.45, 7) is 4.61. The number of benzene rings is 2. The van der Waals surface area contributed by atoms with Gasteiger partial charge in [0.2, 0.25) is 0 Å². The lowest BCUT2D eigenvalue weighted by Crippen LogP contribution is -2.20. The third kappa shape index (κ3) is 5.99. The Bertz CT molecular complexity index is 851. The number of aryl methyl sites for hydroxylation is 1. The lowest BCUT2D eigenvalue weighted by molar-refractivity contribution is 0.283. The first kappa shape index (κ1) is 19.7. The van der Waals surface area contributed by atoms with Gasteiger partial charge in [0.05, 0.1) is 7.11 Å². The zero-order valence-corrected chi connectivity index (χ0v) is 16.4. The van der Waals surface area contributed by atoms with Gasteiger partial charge in [0.25, 0.3) is 0 Å². The minimum absolute atomic E-state index is 0.450. The van der Waals surface area contributed by atoms with Crippen molar-refractivity contribution in [2.45, 2.75) is 20.1 Å². The fourth-order valence-corrected chi connectivity index (χ4v) is 2.70. The molecule has 0 radical (unpaired) electrons. The molecule has 1 aromatic heterocycles. The van der Waals surface area contributed by atoms with E-state index in [0.29, 0.717) is 13.2 Å². The molecular weight excluding hydrogens is 352 g/mol. The van der Waals surface area contributed by atoms with Crippen molar-refractivity contribution < 1.29 is 14.2 Å². The predicted molar refractivity (Wildman–Crippen MR) is 110 cm³/mol. The Morgan fingerprint density at radius 3 is 2.54 bits per heavy atom. The highest BCUT2D eigenvalue weighted by Gasteiger charge is 2.06. The van der Waals surface area contributed by atoms with Crippen molar-refractivity contribution in [1.29, 1.82) is 0 Å². The summed E-state index contributed by atoms with van der Waals surface area (Å²) in [5.74, 6) is 2.33. The van der Waals surface area contributed by atoms with Gasteiger partial charge in [-0.05, 0) is 42.8 Å².